The second-order valence-corrected chi connectivity index (χ2v) is 3.55. The van der Waals surface area contributed by atoms with E-state index in [-0.39, 0.29) is 0 Å². The molecular weight excluding hydrogens is 144 g/mol. The smallest absolute Gasteiger partial charge is 0.0230 e. The van der Waals surface area contributed by atoms with Crippen molar-refractivity contribution in [2.45, 2.75) is 19.8 Å². The standard InChI is InChI=1S/C12H14/c1-10-4-2-3-5-12(10)9-8-11-6-7-11/h2-5,8-9,11H,6-7H2,1H3/b9-8-. The number of aryl methyl sites for hydroxylation is 1. The van der Waals surface area contributed by atoms with Crippen molar-refractivity contribution in [1.82, 2.24) is 0 Å². The van der Waals surface area contributed by atoms with Gasteiger partial charge in [-0.2, -0.15) is 0 Å². The summed E-state index contributed by atoms with van der Waals surface area (Å²) in [7, 11) is 0. The SMILES string of the molecule is Cc1ccccc1/C=C\C1CC1. The van der Waals surface area contributed by atoms with Crippen molar-refractivity contribution in [3.05, 3.63) is 41.5 Å². The first kappa shape index (κ1) is 7.60. The van der Waals surface area contributed by atoms with Gasteiger partial charge in [-0.15, -0.1) is 0 Å². The molecule has 0 atom stereocenters. The largest absolute Gasteiger partial charge is 0.0808 e. The van der Waals surface area contributed by atoms with Gasteiger partial charge < -0.3 is 0 Å². The number of hydrogen-bond acceptors (Lipinski definition) is 0. The van der Waals surface area contributed by atoms with Crippen molar-refractivity contribution in [3.8, 4) is 0 Å². The summed E-state index contributed by atoms with van der Waals surface area (Å²) in [5.74, 6) is 0.879. The second kappa shape index (κ2) is 3.14. The molecule has 1 aliphatic rings. The maximum absolute atomic E-state index is 2.34. The Morgan fingerprint density at radius 2 is 2.00 bits per heavy atom. The molecule has 0 N–H and O–H groups in total. The highest BCUT2D eigenvalue weighted by atomic mass is 14.2. The quantitative estimate of drug-likeness (QED) is 0.618. The van der Waals surface area contributed by atoms with Crippen molar-refractivity contribution in [3.63, 3.8) is 0 Å². The van der Waals surface area contributed by atoms with Gasteiger partial charge in [0.2, 0.25) is 0 Å². The van der Waals surface area contributed by atoms with Crippen molar-refractivity contribution in [2.75, 3.05) is 0 Å². The van der Waals surface area contributed by atoms with Crippen molar-refractivity contribution in [1.29, 1.82) is 0 Å². The zero-order valence-corrected chi connectivity index (χ0v) is 7.46. The van der Waals surface area contributed by atoms with Gasteiger partial charge in [-0.05, 0) is 36.8 Å². The van der Waals surface area contributed by atoms with E-state index in [1.807, 2.05) is 0 Å². The van der Waals surface area contributed by atoms with E-state index in [0.29, 0.717) is 0 Å². The average Bonchev–Trinajstić information content (AvgIpc) is 2.86. The topological polar surface area (TPSA) is 0 Å². The van der Waals surface area contributed by atoms with Gasteiger partial charge in [-0.3, -0.25) is 0 Å². The van der Waals surface area contributed by atoms with E-state index in [1.54, 1.807) is 0 Å². The van der Waals surface area contributed by atoms with Gasteiger partial charge in [0.1, 0.15) is 0 Å². The zero-order chi connectivity index (χ0) is 8.39. The molecule has 0 amide bonds. The van der Waals surface area contributed by atoms with Crippen LogP contribution in [0.5, 0.6) is 0 Å². The summed E-state index contributed by atoms with van der Waals surface area (Å²) in [6.45, 7) is 2.16. The van der Waals surface area contributed by atoms with E-state index in [1.165, 1.54) is 24.0 Å². The molecule has 1 aromatic rings. The fraction of sp³-hybridized carbons (Fsp3) is 0.333. The van der Waals surface area contributed by atoms with Crippen LogP contribution in [0.3, 0.4) is 0 Å². The lowest BCUT2D eigenvalue weighted by molar-refractivity contribution is 1.13. The third kappa shape index (κ3) is 1.76. The Hall–Kier alpha value is -1.04. The van der Waals surface area contributed by atoms with Crippen molar-refractivity contribution >= 4 is 6.08 Å². The molecule has 0 saturated heterocycles. The van der Waals surface area contributed by atoms with E-state index >= 15 is 0 Å². The molecule has 1 aliphatic carbocycles. The third-order valence-corrected chi connectivity index (χ3v) is 2.36. The molecule has 62 valence electrons. The van der Waals surface area contributed by atoms with Crippen LogP contribution < -0.4 is 0 Å². The molecule has 1 aromatic carbocycles. The lowest BCUT2D eigenvalue weighted by atomic mass is 10.1. The van der Waals surface area contributed by atoms with Gasteiger partial charge in [0, 0.05) is 0 Å². The van der Waals surface area contributed by atoms with Crippen LogP contribution in [0.1, 0.15) is 24.0 Å². The molecule has 0 heteroatoms. The molecule has 2 rings (SSSR count). The number of hydrogen-bond donors (Lipinski definition) is 0. The van der Waals surface area contributed by atoms with Gasteiger partial charge >= 0.3 is 0 Å². The summed E-state index contributed by atoms with van der Waals surface area (Å²) in [4.78, 5) is 0. The molecule has 12 heavy (non-hydrogen) atoms. The maximum Gasteiger partial charge on any atom is -0.0230 e. The molecule has 0 unspecified atom stereocenters. The van der Waals surface area contributed by atoms with Gasteiger partial charge in [-0.25, -0.2) is 0 Å². The Kier molecular flexibility index (Phi) is 1.99. The van der Waals surface area contributed by atoms with Crippen molar-refractivity contribution in [2.24, 2.45) is 5.92 Å². The molecule has 0 spiro atoms. The molecule has 0 aliphatic heterocycles. The average molecular weight is 158 g/mol. The number of allylic oxidation sites excluding steroid dienone is 1. The lowest BCUT2D eigenvalue weighted by Gasteiger charge is -1.97. The highest BCUT2D eigenvalue weighted by Gasteiger charge is 2.16. The Labute approximate surface area is 73.9 Å². The Bertz CT molecular complexity index is 293. The highest BCUT2D eigenvalue weighted by Crippen LogP contribution is 2.30. The summed E-state index contributed by atoms with van der Waals surface area (Å²) in [6, 6.07) is 8.52. The van der Waals surface area contributed by atoms with E-state index in [0.717, 1.165) is 5.92 Å². The van der Waals surface area contributed by atoms with Crippen LogP contribution >= 0.6 is 0 Å². The Morgan fingerprint density at radius 3 is 2.67 bits per heavy atom. The maximum atomic E-state index is 2.34. The zero-order valence-electron chi connectivity index (χ0n) is 7.46. The molecule has 0 radical (unpaired) electrons. The van der Waals surface area contributed by atoms with Gasteiger partial charge in [-0.1, -0.05) is 36.4 Å². The first-order valence-electron chi connectivity index (χ1n) is 4.60. The number of benzene rings is 1. The van der Waals surface area contributed by atoms with Crippen LogP contribution in [0.25, 0.3) is 6.08 Å². The second-order valence-electron chi connectivity index (χ2n) is 3.55. The summed E-state index contributed by atoms with van der Waals surface area (Å²) in [5.41, 5.74) is 2.74. The Balaban J connectivity index is 2.15. The van der Waals surface area contributed by atoms with E-state index in [4.69, 9.17) is 0 Å². The highest BCUT2D eigenvalue weighted by molar-refractivity contribution is 5.53. The van der Waals surface area contributed by atoms with Crippen LogP contribution in [0, 0.1) is 12.8 Å². The van der Waals surface area contributed by atoms with Crippen molar-refractivity contribution < 1.29 is 0 Å². The summed E-state index contributed by atoms with van der Waals surface area (Å²) < 4.78 is 0. The van der Waals surface area contributed by atoms with E-state index < -0.39 is 0 Å². The Morgan fingerprint density at radius 1 is 1.25 bits per heavy atom. The first-order chi connectivity index (χ1) is 5.86. The molecular formula is C12H14. The van der Waals surface area contributed by atoms with Gasteiger partial charge in [0.05, 0.1) is 0 Å². The molecule has 0 bridgehead atoms. The summed E-state index contributed by atoms with van der Waals surface area (Å²) in [5, 5.41) is 0. The minimum atomic E-state index is 0.879. The lowest BCUT2D eigenvalue weighted by Crippen LogP contribution is -1.77. The molecule has 1 fully saturated rings. The molecule has 0 heterocycles. The summed E-state index contributed by atoms with van der Waals surface area (Å²) >= 11 is 0. The molecule has 0 aromatic heterocycles. The molecule has 1 saturated carbocycles. The minimum Gasteiger partial charge on any atom is -0.0808 e. The third-order valence-electron chi connectivity index (χ3n) is 2.36. The predicted octanol–water partition coefficient (Wildman–Crippen LogP) is 3.42. The van der Waals surface area contributed by atoms with Crippen LogP contribution in [0.2, 0.25) is 0 Å². The van der Waals surface area contributed by atoms with E-state index in [2.05, 4.69) is 43.3 Å². The van der Waals surface area contributed by atoms with E-state index in [9.17, 15) is 0 Å². The van der Waals surface area contributed by atoms with Crippen LogP contribution in [0.15, 0.2) is 30.3 Å². The monoisotopic (exact) mass is 158 g/mol. The van der Waals surface area contributed by atoms with Crippen LogP contribution in [-0.2, 0) is 0 Å². The normalized spacial score (nSPS) is 17.1. The molecule has 0 nitrogen and oxygen atoms in total. The van der Waals surface area contributed by atoms with Crippen LogP contribution in [0.4, 0.5) is 0 Å². The van der Waals surface area contributed by atoms with Gasteiger partial charge in [0.25, 0.3) is 0 Å². The first-order valence-corrected chi connectivity index (χ1v) is 4.60. The fourth-order valence-electron chi connectivity index (χ4n) is 1.30. The predicted molar refractivity (Wildman–Crippen MR) is 52.9 cm³/mol. The summed E-state index contributed by atoms with van der Waals surface area (Å²) in [6.07, 6.45) is 7.38. The minimum absolute atomic E-state index is 0.879. The van der Waals surface area contributed by atoms with Crippen LogP contribution in [-0.4, -0.2) is 0 Å². The van der Waals surface area contributed by atoms with Gasteiger partial charge in [0.15, 0.2) is 0 Å². The number of rotatable bonds is 2. The fourth-order valence-corrected chi connectivity index (χ4v) is 1.30.